The number of ether oxygens (including phenoxy) is 1. The van der Waals surface area contributed by atoms with Gasteiger partial charge in [-0.2, -0.15) is 0 Å². The lowest BCUT2D eigenvalue weighted by atomic mass is 9.77. The summed E-state index contributed by atoms with van der Waals surface area (Å²) in [6.07, 6.45) is 3.69. The molecular formula is C19H24N4O6S. The van der Waals surface area contributed by atoms with E-state index in [0.29, 0.717) is 24.0 Å². The van der Waals surface area contributed by atoms with Crippen molar-refractivity contribution in [1.29, 1.82) is 0 Å². The second-order valence-electron chi connectivity index (χ2n) is 7.85. The average Bonchev–Trinajstić information content (AvgIpc) is 3.17. The molecule has 1 aromatic heterocycles. The fourth-order valence-electron chi connectivity index (χ4n) is 4.46. The summed E-state index contributed by atoms with van der Waals surface area (Å²) in [6, 6.07) is 4.64. The number of urea groups is 1. The van der Waals surface area contributed by atoms with Crippen molar-refractivity contribution >= 4 is 32.7 Å². The van der Waals surface area contributed by atoms with Crippen LogP contribution in [0.2, 0.25) is 0 Å². The maximum Gasteiger partial charge on any atom is 0.322 e. The van der Waals surface area contributed by atoms with E-state index in [0.717, 1.165) is 11.6 Å². The summed E-state index contributed by atoms with van der Waals surface area (Å²) < 4.78 is 31.8. The predicted molar refractivity (Wildman–Crippen MR) is 109 cm³/mol. The third kappa shape index (κ3) is 3.37. The molecule has 3 heterocycles. The van der Waals surface area contributed by atoms with Crippen LogP contribution in [0.25, 0.3) is 10.8 Å². The SMILES string of the molecule is COc1ccc2c(O)n(CC3(C4CCN(S(C)(=O)=O)CC4)NC(=O)NC3=O)cc2c1. The number of rotatable bonds is 5. The number of methoxy groups -OCH3 is 1. The minimum absolute atomic E-state index is 0.0189. The monoisotopic (exact) mass is 436 g/mol. The molecule has 1 unspecified atom stereocenters. The van der Waals surface area contributed by atoms with Crippen molar-refractivity contribution in [2.45, 2.75) is 24.9 Å². The van der Waals surface area contributed by atoms with Gasteiger partial charge in [0.25, 0.3) is 5.91 Å². The summed E-state index contributed by atoms with van der Waals surface area (Å²) in [4.78, 5) is 24.9. The third-order valence-electron chi connectivity index (χ3n) is 6.08. The fraction of sp³-hybridized carbons (Fsp3) is 0.474. The first-order valence-electron chi connectivity index (χ1n) is 9.58. The van der Waals surface area contributed by atoms with Crippen LogP contribution in [0.4, 0.5) is 4.79 Å². The molecule has 3 N–H and O–H groups in total. The first kappa shape index (κ1) is 20.5. The van der Waals surface area contributed by atoms with Crippen molar-refractivity contribution in [3.8, 4) is 11.6 Å². The van der Waals surface area contributed by atoms with Gasteiger partial charge in [-0.15, -0.1) is 0 Å². The Kier molecular flexibility index (Phi) is 4.89. The fourth-order valence-corrected chi connectivity index (χ4v) is 5.34. The van der Waals surface area contributed by atoms with E-state index >= 15 is 0 Å². The molecule has 0 bridgehead atoms. The molecule has 4 rings (SSSR count). The number of carbonyl (C=O) groups excluding carboxylic acids is 2. The number of sulfonamides is 1. The van der Waals surface area contributed by atoms with Crippen molar-refractivity contribution in [1.82, 2.24) is 19.5 Å². The molecular weight excluding hydrogens is 412 g/mol. The van der Waals surface area contributed by atoms with Crippen LogP contribution >= 0.6 is 0 Å². The van der Waals surface area contributed by atoms with Crippen LogP contribution in [-0.4, -0.2) is 66.3 Å². The molecule has 30 heavy (non-hydrogen) atoms. The van der Waals surface area contributed by atoms with E-state index < -0.39 is 27.5 Å². The number of piperidine rings is 1. The lowest BCUT2D eigenvalue weighted by Crippen LogP contribution is -2.58. The molecule has 2 saturated heterocycles. The van der Waals surface area contributed by atoms with E-state index in [9.17, 15) is 23.1 Å². The Morgan fingerprint density at radius 2 is 1.97 bits per heavy atom. The third-order valence-corrected chi connectivity index (χ3v) is 7.38. The Morgan fingerprint density at radius 1 is 1.27 bits per heavy atom. The second-order valence-corrected chi connectivity index (χ2v) is 9.83. The molecule has 0 saturated carbocycles. The van der Waals surface area contributed by atoms with Crippen LogP contribution in [0, 0.1) is 5.92 Å². The van der Waals surface area contributed by atoms with Crippen molar-refractivity contribution in [2.75, 3.05) is 26.5 Å². The molecule has 11 heteroatoms. The van der Waals surface area contributed by atoms with E-state index in [1.807, 2.05) is 0 Å². The van der Waals surface area contributed by atoms with Gasteiger partial charge in [-0.1, -0.05) is 0 Å². The van der Waals surface area contributed by atoms with Crippen LogP contribution < -0.4 is 15.4 Å². The predicted octanol–water partition coefficient (Wildman–Crippen LogP) is 0.605. The highest BCUT2D eigenvalue weighted by molar-refractivity contribution is 7.88. The highest BCUT2D eigenvalue weighted by Gasteiger charge is 2.53. The number of carbonyl (C=O) groups is 2. The van der Waals surface area contributed by atoms with Crippen molar-refractivity contribution in [3.05, 3.63) is 24.4 Å². The van der Waals surface area contributed by atoms with Crippen LogP contribution in [0.5, 0.6) is 11.6 Å². The molecule has 2 aliphatic heterocycles. The number of aromatic nitrogens is 1. The largest absolute Gasteiger partial charge is 0.497 e. The minimum Gasteiger partial charge on any atom is -0.497 e. The zero-order valence-electron chi connectivity index (χ0n) is 16.7. The summed E-state index contributed by atoms with van der Waals surface area (Å²) in [5.74, 6) is -0.148. The van der Waals surface area contributed by atoms with Gasteiger partial charge in [0, 0.05) is 30.1 Å². The van der Waals surface area contributed by atoms with Gasteiger partial charge < -0.3 is 19.7 Å². The summed E-state index contributed by atoms with van der Waals surface area (Å²) in [7, 11) is -1.77. The Bertz CT molecular complexity index is 1120. The van der Waals surface area contributed by atoms with Gasteiger partial charge in [0.2, 0.25) is 10.0 Å². The van der Waals surface area contributed by atoms with Crippen LogP contribution in [-0.2, 0) is 21.4 Å². The maximum absolute atomic E-state index is 12.9. The molecule has 0 radical (unpaired) electrons. The number of imide groups is 1. The summed E-state index contributed by atoms with van der Waals surface area (Å²) in [5.41, 5.74) is -1.28. The van der Waals surface area contributed by atoms with E-state index in [1.54, 1.807) is 31.5 Å². The van der Waals surface area contributed by atoms with Crippen LogP contribution in [0.3, 0.4) is 0 Å². The topological polar surface area (TPSA) is 130 Å². The van der Waals surface area contributed by atoms with Gasteiger partial charge in [-0.25, -0.2) is 17.5 Å². The van der Waals surface area contributed by atoms with Gasteiger partial charge in [-0.05, 0) is 37.0 Å². The number of benzene rings is 1. The van der Waals surface area contributed by atoms with Crippen molar-refractivity contribution in [2.24, 2.45) is 5.92 Å². The number of amides is 3. The molecule has 2 aromatic rings. The average molecular weight is 436 g/mol. The summed E-state index contributed by atoms with van der Waals surface area (Å²) >= 11 is 0. The lowest BCUT2D eigenvalue weighted by molar-refractivity contribution is -0.127. The molecule has 2 aliphatic rings. The molecule has 0 spiro atoms. The maximum atomic E-state index is 12.9. The Hall–Kier alpha value is -2.79. The Morgan fingerprint density at radius 3 is 2.53 bits per heavy atom. The molecule has 162 valence electrons. The number of aromatic hydroxyl groups is 1. The number of nitrogens with one attached hydrogen (secondary N) is 2. The van der Waals surface area contributed by atoms with Crippen molar-refractivity contribution < 1.29 is 27.9 Å². The van der Waals surface area contributed by atoms with Gasteiger partial charge >= 0.3 is 6.03 Å². The zero-order valence-corrected chi connectivity index (χ0v) is 17.5. The Balaban J connectivity index is 1.68. The highest BCUT2D eigenvalue weighted by Crippen LogP contribution is 2.36. The smallest absolute Gasteiger partial charge is 0.322 e. The lowest BCUT2D eigenvalue weighted by Gasteiger charge is -2.40. The number of nitrogens with zero attached hydrogens (tertiary/aromatic N) is 2. The summed E-state index contributed by atoms with van der Waals surface area (Å²) in [6.45, 7) is 0.563. The molecule has 2 fully saturated rings. The van der Waals surface area contributed by atoms with E-state index in [-0.39, 0.29) is 31.4 Å². The number of hydrogen-bond donors (Lipinski definition) is 3. The minimum atomic E-state index is -3.32. The standard InChI is InChI=1S/C19H24N4O6S/c1-29-14-3-4-15-12(9-14)10-22(16(15)24)11-19(17(25)20-18(26)21-19)13-5-7-23(8-6-13)30(2,27)28/h3-4,9-10,13,24H,5-8,11H2,1-2H3,(H2,20,21,25,26). The van der Waals surface area contributed by atoms with Crippen molar-refractivity contribution in [3.63, 3.8) is 0 Å². The molecule has 0 aliphatic carbocycles. The highest BCUT2D eigenvalue weighted by atomic mass is 32.2. The van der Waals surface area contributed by atoms with E-state index in [1.165, 1.54) is 8.87 Å². The van der Waals surface area contributed by atoms with Crippen LogP contribution in [0.15, 0.2) is 24.4 Å². The van der Waals surface area contributed by atoms with Gasteiger partial charge in [-0.3, -0.25) is 10.1 Å². The van der Waals surface area contributed by atoms with Crippen LogP contribution in [0.1, 0.15) is 12.8 Å². The molecule has 10 nitrogen and oxygen atoms in total. The zero-order chi connectivity index (χ0) is 21.7. The van der Waals surface area contributed by atoms with Gasteiger partial charge in [0.15, 0.2) is 5.88 Å². The van der Waals surface area contributed by atoms with Gasteiger partial charge in [0.1, 0.15) is 11.3 Å². The summed E-state index contributed by atoms with van der Waals surface area (Å²) in [5, 5.41) is 17.1. The number of hydrogen-bond acceptors (Lipinski definition) is 6. The first-order valence-corrected chi connectivity index (χ1v) is 11.4. The quantitative estimate of drug-likeness (QED) is 0.589. The Labute approximate surface area is 173 Å². The van der Waals surface area contributed by atoms with Gasteiger partial charge in [0.05, 0.1) is 19.9 Å². The number of fused-ring (bicyclic) bond motifs is 1. The second kappa shape index (κ2) is 7.17. The van der Waals surface area contributed by atoms with E-state index in [2.05, 4.69) is 10.6 Å². The molecule has 1 aromatic carbocycles. The first-order chi connectivity index (χ1) is 14.1. The van der Waals surface area contributed by atoms with E-state index in [4.69, 9.17) is 4.74 Å². The normalized spacial score (nSPS) is 23.5. The molecule has 1 atom stereocenters. The molecule has 3 amide bonds.